The highest BCUT2D eigenvalue weighted by Gasteiger charge is 2.20. The summed E-state index contributed by atoms with van der Waals surface area (Å²) in [7, 11) is 3.21. The molecule has 0 saturated carbocycles. The molecule has 0 aliphatic carbocycles. The zero-order chi connectivity index (χ0) is 23.8. The zero-order valence-corrected chi connectivity index (χ0v) is 20.4. The van der Waals surface area contributed by atoms with Crippen molar-refractivity contribution in [3.63, 3.8) is 0 Å². The van der Waals surface area contributed by atoms with Crippen LogP contribution < -0.4 is 15.0 Å². The maximum atomic E-state index is 13.6. The first kappa shape index (κ1) is 22.3. The molecule has 0 fully saturated rings. The van der Waals surface area contributed by atoms with Gasteiger partial charge in [0.25, 0.3) is 5.56 Å². The predicted molar refractivity (Wildman–Crippen MR) is 135 cm³/mol. The van der Waals surface area contributed by atoms with Gasteiger partial charge in [-0.1, -0.05) is 41.6 Å². The van der Waals surface area contributed by atoms with Crippen LogP contribution in [0, 0.1) is 6.92 Å². The Morgan fingerprint density at radius 1 is 0.971 bits per heavy atom. The van der Waals surface area contributed by atoms with Crippen molar-refractivity contribution in [2.75, 3.05) is 14.2 Å². The fourth-order valence-electron chi connectivity index (χ4n) is 3.97. The second kappa shape index (κ2) is 9.04. The summed E-state index contributed by atoms with van der Waals surface area (Å²) in [6.07, 6.45) is 0. The van der Waals surface area contributed by atoms with Crippen LogP contribution in [0.1, 0.15) is 11.1 Å². The van der Waals surface area contributed by atoms with Crippen LogP contribution in [-0.4, -0.2) is 33.4 Å². The largest absolute Gasteiger partial charge is 0.496 e. The molecule has 7 nitrogen and oxygen atoms in total. The number of para-hydroxylation sites is 1. The standard InChI is InChI=1S/C25H21ClN4O3S/c1-15-8-10-22(33-3)20(12-15)29-23(31)18-6-4-5-7-19(18)30-24(29)27-28-25(30)34-14-16-13-17(26)9-11-21(16)32-2/h4-13H,14H2,1-3H3. The van der Waals surface area contributed by atoms with Gasteiger partial charge in [-0.3, -0.25) is 9.20 Å². The lowest BCUT2D eigenvalue weighted by Crippen LogP contribution is -2.22. The van der Waals surface area contributed by atoms with Gasteiger partial charge in [-0.15, -0.1) is 10.2 Å². The second-order valence-electron chi connectivity index (χ2n) is 7.70. The minimum absolute atomic E-state index is 0.188. The lowest BCUT2D eigenvalue weighted by molar-refractivity contribution is 0.411. The van der Waals surface area contributed by atoms with Gasteiger partial charge in [0.1, 0.15) is 11.5 Å². The third-order valence-electron chi connectivity index (χ3n) is 5.57. The number of aryl methyl sites for hydroxylation is 1. The number of aromatic nitrogens is 4. The van der Waals surface area contributed by atoms with Crippen LogP contribution in [0.5, 0.6) is 11.5 Å². The Bertz CT molecular complexity index is 1600. The Balaban J connectivity index is 1.73. The normalized spacial score (nSPS) is 11.3. The van der Waals surface area contributed by atoms with E-state index in [1.807, 2.05) is 65.9 Å². The van der Waals surface area contributed by atoms with Crippen molar-refractivity contribution in [1.82, 2.24) is 19.2 Å². The topological polar surface area (TPSA) is 70.7 Å². The van der Waals surface area contributed by atoms with Crippen LogP contribution in [0.4, 0.5) is 0 Å². The molecular formula is C25H21ClN4O3S. The van der Waals surface area contributed by atoms with Crippen molar-refractivity contribution in [3.8, 4) is 17.2 Å². The Labute approximate surface area is 204 Å². The number of halogens is 1. The van der Waals surface area contributed by atoms with Crippen molar-refractivity contribution < 1.29 is 9.47 Å². The Morgan fingerprint density at radius 3 is 2.53 bits per heavy atom. The zero-order valence-electron chi connectivity index (χ0n) is 18.8. The quantitative estimate of drug-likeness (QED) is 0.299. The van der Waals surface area contributed by atoms with Crippen LogP contribution in [0.3, 0.4) is 0 Å². The van der Waals surface area contributed by atoms with Gasteiger partial charge in [0.15, 0.2) is 5.16 Å². The van der Waals surface area contributed by atoms with Crippen LogP contribution >= 0.6 is 23.4 Å². The molecule has 0 spiro atoms. The van der Waals surface area contributed by atoms with Crippen molar-refractivity contribution in [3.05, 3.63) is 87.2 Å². The maximum Gasteiger partial charge on any atom is 0.267 e. The predicted octanol–water partition coefficient (Wildman–Crippen LogP) is 5.30. The van der Waals surface area contributed by atoms with E-state index in [1.54, 1.807) is 24.9 Å². The van der Waals surface area contributed by atoms with Crippen molar-refractivity contribution in [1.29, 1.82) is 0 Å². The number of rotatable bonds is 6. The Hall–Kier alpha value is -3.49. The number of hydrogen-bond acceptors (Lipinski definition) is 6. The molecule has 2 aromatic heterocycles. The van der Waals surface area contributed by atoms with Crippen LogP contribution in [0.2, 0.25) is 5.02 Å². The van der Waals surface area contributed by atoms with Gasteiger partial charge < -0.3 is 9.47 Å². The average molecular weight is 493 g/mol. The van der Waals surface area contributed by atoms with E-state index in [4.69, 9.17) is 21.1 Å². The van der Waals surface area contributed by atoms with Gasteiger partial charge in [-0.05, 0) is 55.0 Å². The van der Waals surface area contributed by atoms with E-state index in [-0.39, 0.29) is 5.56 Å². The fraction of sp³-hybridized carbons (Fsp3) is 0.160. The van der Waals surface area contributed by atoms with E-state index in [9.17, 15) is 4.79 Å². The molecule has 172 valence electrons. The first-order valence-corrected chi connectivity index (χ1v) is 11.9. The highest BCUT2D eigenvalue weighted by atomic mass is 35.5. The van der Waals surface area contributed by atoms with E-state index in [1.165, 1.54) is 11.8 Å². The number of nitrogens with zero attached hydrogens (tertiary/aromatic N) is 4. The number of fused-ring (bicyclic) bond motifs is 3. The minimum atomic E-state index is -0.188. The lowest BCUT2D eigenvalue weighted by Gasteiger charge is -2.15. The monoisotopic (exact) mass is 492 g/mol. The third-order valence-corrected chi connectivity index (χ3v) is 6.78. The third kappa shape index (κ3) is 3.78. The van der Waals surface area contributed by atoms with Crippen LogP contribution in [-0.2, 0) is 5.75 Å². The lowest BCUT2D eigenvalue weighted by atomic mass is 10.2. The van der Waals surface area contributed by atoms with Crippen molar-refractivity contribution in [2.45, 2.75) is 17.8 Å². The summed E-state index contributed by atoms with van der Waals surface area (Å²) >= 11 is 7.70. The van der Waals surface area contributed by atoms with Gasteiger partial charge in [-0.25, -0.2) is 4.57 Å². The fourth-order valence-corrected chi connectivity index (χ4v) is 5.08. The van der Waals surface area contributed by atoms with E-state index in [0.717, 1.165) is 22.4 Å². The van der Waals surface area contributed by atoms with E-state index in [0.29, 0.717) is 38.5 Å². The number of benzene rings is 3. The van der Waals surface area contributed by atoms with Gasteiger partial charge >= 0.3 is 0 Å². The number of ether oxygens (including phenoxy) is 2. The summed E-state index contributed by atoms with van der Waals surface area (Å²) < 4.78 is 14.5. The Kier molecular flexibility index (Phi) is 5.93. The highest BCUT2D eigenvalue weighted by Crippen LogP contribution is 2.32. The van der Waals surface area contributed by atoms with Gasteiger partial charge in [0.05, 0.1) is 30.8 Å². The number of methoxy groups -OCH3 is 2. The molecule has 34 heavy (non-hydrogen) atoms. The van der Waals surface area contributed by atoms with Crippen molar-refractivity contribution >= 4 is 40.0 Å². The van der Waals surface area contributed by atoms with E-state index >= 15 is 0 Å². The molecule has 0 bridgehead atoms. The molecule has 5 rings (SSSR count). The highest BCUT2D eigenvalue weighted by molar-refractivity contribution is 7.98. The summed E-state index contributed by atoms with van der Waals surface area (Å²) in [5.41, 5.74) is 3.10. The van der Waals surface area contributed by atoms with Crippen LogP contribution in [0.25, 0.3) is 22.4 Å². The molecule has 3 aromatic carbocycles. The molecular weight excluding hydrogens is 472 g/mol. The molecule has 0 aliphatic rings. The first-order valence-electron chi connectivity index (χ1n) is 10.5. The molecule has 0 unspecified atom stereocenters. The smallest absolute Gasteiger partial charge is 0.267 e. The average Bonchev–Trinajstić information content (AvgIpc) is 3.27. The molecule has 0 N–H and O–H groups in total. The molecule has 2 heterocycles. The van der Waals surface area contributed by atoms with Crippen molar-refractivity contribution in [2.24, 2.45) is 0 Å². The van der Waals surface area contributed by atoms with Gasteiger partial charge in [-0.2, -0.15) is 0 Å². The Morgan fingerprint density at radius 2 is 1.74 bits per heavy atom. The molecule has 0 atom stereocenters. The molecule has 9 heteroatoms. The molecule has 0 radical (unpaired) electrons. The molecule has 5 aromatic rings. The number of thioether (sulfide) groups is 1. The minimum Gasteiger partial charge on any atom is -0.496 e. The molecule has 0 aliphatic heterocycles. The first-order chi connectivity index (χ1) is 16.5. The molecule has 0 amide bonds. The SMILES string of the molecule is COc1ccc(Cl)cc1CSc1nnc2n(-c3cc(C)ccc3OC)c(=O)c3ccccc3n12. The van der Waals surface area contributed by atoms with E-state index in [2.05, 4.69) is 10.2 Å². The second-order valence-corrected chi connectivity index (χ2v) is 9.07. The molecule has 0 saturated heterocycles. The van der Waals surface area contributed by atoms with Gasteiger partial charge in [0.2, 0.25) is 5.78 Å². The van der Waals surface area contributed by atoms with Crippen LogP contribution in [0.15, 0.2) is 70.6 Å². The summed E-state index contributed by atoms with van der Waals surface area (Å²) in [5, 5.41) is 10.7. The van der Waals surface area contributed by atoms with E-state index < -0.39 is 0 Å². The number of hydrogen-bond donors (Lipinski definition) is 0. The summed E-state index contributed by atoms with van der Waals surface area (Å²) in [6.45, 7) is 1.97. The summed E-state index contributed by atoms with van der Waals surface area (Å²) in [5.74, 6) is 2.29. The maximum absolute atomic E-state index is 13.6. The summed E-state index contributed by atoms with van der Waals surface area (Å²) in [4.78, 5) is 13.6. The summed E-state index contributed by atoms with van der Waals surface area (Å²) in [6, 6.07) is 18.7. The van der Waals surface area contributed by atoms with Gasteiger partial charge in [0, 0.05) is 16.3 Å².